The number of unbranched alkanes of at least 4 members (excludes halogenated alkanes) is 5. The largest absolute Gasteiger partial charge is 0.350 e. The first-order valence-corrected chi connectivity index (χ1v) is 7.17. The van der Waals surface area contributed by atoms with E-state index in [-0.39, 0.29) is 5.91 Å². The van der Waals surface area contributed by atoms with Crippen molar-refractivity contribution in [1.82, 2.24) is 5.32 Å². The van der Waals surface area contributed by atoms with Crippen LogP contribution in [0.4, 0.5) is 0 Å². The van der Waals surface area contributed by atoms with Gasteiger partial charge in [-0.15, -0.1) is 0 Å². The molecular formula is C15H29NO. The molecule has 0 aliphatic heterocycles. The van der Waals surface area contributed by atoms with Crippen LogP contribution in [-0.4, -0.2) is 11.9 Å². The summed E-state index contributed by atoms with van der Waals surface area (Å²) in [5, 5.41) is 3.01. The second-order valence-electron chi connectivity index (χ2n) is 4.75. The van der Waals surface area contributed by atoms with Crippen LogP contribution in [-0.2, 0) is 4.79 Å². The van der Waals surface area contributed by atoms with Gasteiger partial charge in [-0.25, -0.2) is 0 Å². The minimum absolute atomic E-state index is 0.0329. The molecule has 0 saturated carbocycles. The topological polar surface area (TPSA) is 29.1 Å². The molecule has 2 heteroatoms. The number of nitrogens with one attached hydrogen (secondary N) is 1. The first kappa shape index (κ1) is 16.2. The minimum atomic E-state index is -0.0329. The molecule has 1 unspecified atom stereocenters. The zero-order valence-corrected chi connectivity index (χ0v) is 11.6. The maximum absolute atomic E-state index is 11.2. The van der Waals surface area contributed by atoms with Crippen LogP contribution in [0.3, 0.4) is 0 Å². The molecule has 0 aromatic rings. The predicted molar refractivity (Wildman–Crippen MR) is 75.0 cm³/mol. The molecule has 2 nitrogen and oxygen atoms in total. The number of hydrogen-bond donors (Lipinski definition) is 1. The Morgan fingerprint density at radius 2 is 1.71 bits per heavy atom. The number of rotatable bonds is 11. The lowest BCUT2D eigenvalue weighted by Gasteiger charge is -2.16. The molecular weight excluding hydrogens is 210 g/mol. The average molecular weight is 239 g/mol. The van der Waals surface area contributed by atoms with Crippen LogP contribution in [0.1, 0.15) is 71.6 Å². The van der Waals surface area contributed by atoms with Crippen molar-refractivity contribution in [3.05, 3.63) is 12.7 Å². The number of hydrogen-bond acceptors (Lipinski definition) is 1. The normalized spacial score (nSPS) is 12.1. The van der Waals surface area contributed by atoms with E-state index in [9.17, 15) is 4.79 Å². The molecule has 0 fully saturated rings. The Morgan fingerprint density at radius 3 is 2.29 bits per heavy atom. The van der Waals surface area contributed by atoms with Crippen molar-refractivity contribution >= 4 is 5.91 Å². The third kappa shape index (κ3) is 10.1. The number of carbonyl (C=O) groups is 1. The molecule has 100 valence electrons. The molecule has 0 aromatic heterocycles. The van der Waals surface area contributed by atoms with Crippen molar-refractivity contribution in [3.63, 3.8) is 0 Å². The zero-order chi connectivity index (χ0) is 12.9. The lowest BCUT2D eigenvalue weighted by Crippen LogP contribution is -2.33. The first-order chi connectivity index (χ1) is 8.24. The van der Waals surface area contributed by atoms with E-state index in [1.54, 1.807) is 0 Å². The van der Waals surface area contributed by atoms with Crippen LogP contribution in [0.15, 0.2) is 12.7 Å². The first-order valence-electron chi connectivity index (χ1n) is 7.17. The molecule has 1 amide bonds. The van der Waals surface area contributed by atoms with Crippen LogP contribution in [0.5, 0.6) is 0 Å². The molecule has 0 rings (SSSR count). The van der Waals surface area contributed by atoms with Gasteiger partial charge in [0.05, 0.1) is 0 Å². The summed E-state index contributed by atoms with van der Waals surface area (Å²) < 4.78 is 0. The maximum atomic E-state index is 11.2. The summed E-state index contributed by atoms with van der Waals surface area (Å²) in [7, 11) is 0. The summed E-state index contributed by atoms with van der Waals surface area (Å²) >= 11 is 0. The van der Waals surface area contributed by atoms with Gasteiger partial charge in [0.25, 0.3) is 0 Å². The van der Waals surface area contributed by atoms with E-state index in [1.807, 2.05) is 0 Å². The fourth-order valence-electron chi connectivity index (χ4n) is 2.07. The highest BCUT2D eigenvalue weighted by Gasteiger charge is 2.08. The van der Waals surface area contributed by atoms with Crippen molar-refractivity contribution in [2.45, 2.75) is 77.7 Å². The van der Waals surface area contributed by atoms with Gasteiger partial charge in [0.15, 0.2) is 0 Å². The fraction of sp³-hybridized carbons (Fsp3) is 0.800. The predicted octanol–water partition coefficient (Wildman–Crippen LogP) is 4.21. The summed E-state index contributed by atoms with van der Waals surface area (Å²) in [6.45, 7) is 7.89. The number of amides is 1. The van der Waals surface area contributed by atoms with Crippen LogP contribution < -0.4 is 5.32 Å². The molecule has 0 aliphatic carbocycles. The fourth-order valence-corrected chi connectivity index (χ4v) is 2.07. The SMILES string of the molecule is C=CC(=O)NC(CCC)CCCCCCCC. The lowest BCUT2D eigenvalue weighted by molar-refractivity contribution is -0.117. The van der Waals surface area contributed by atoms with Crippen molar-refractivity contribution in [3.8, 4) is 0 Å². The van der Waals surface area contributed by atoms with Crippen molar-refractivity contribution in [2.24, 2.45) is 0 Å². The quantitative estimate of drug-likeness (QED) is 0.425. The van der Waals surface area contributed by atoms with Crippen LogP contribution in [0, 0.1) is 0 Å². The van der Waals surface area contributed by atoms with Gasteiger partial charge in [-0.05, 0) is 18.9 Å². The van der Waals surface area contributed by atoms with E-state index in [2.05, 4.69) is 25.7 Å². The maximum Gasteiger partial charge on any atom is 0.243 e. The molecule has 0 heterocycles. The van der Waals surface area contributed by atoms with E-state index in [4.69, 9.17) is 0 Å². The van der Waals surface area contributed by atoms with Gasteiger partial charge < -0.3 is 5.32 Å². The standard InChI is InChI=1S/C15H29NO/c1-4-7-8-9-10-11-13-14(12-5-2)16-15(17)6-3/h6,14H,3-5,7-13H2,1-2H3,(H,16,17). The average Bonchev–Trinajstić information content (AvgIpc) is 2.33. The van der Waals surface area contributed by atoms with Crippen molar-refractivity contribution < 1.29 is 4.79 Å². The van der Waals surface area contributed by atoms with Gasteiger partial charge in [0.1, 0.15) is 0 Å². The highest BCUT2D eigenvalue weighted by Crippen LogP contribution is 2.11. The van der Waals surface area contributed by atoms with Gasteiger partial charge >= 0.3 is 0 Å². The molecule has 1 atom stereocenters. The van der Waals surface area contributed by atoms with E-state index in [0.717, 1.165) is 19.3 Å². The van der Waals surface area contributed by atoms with Crippen molar-refractivity contribution in [2.75, 3.05) is 0 Å². The molecule has 0 bridgehead atoms. The van der Waals surface area contributed by atoms with Crippen LogP contribution >= 0.6 is 0 Å². The lowest BCUT2D eigenvalue weighted by atomic mass is 10.0. The number of carbonyl (C=O) groups excluding carboxylic acids is 1. The van der Waals surface area contributed by atoms with E-state index in [1.165, 1.54) is 44.6 Å². The Labute approximate surface area is 107 Å². The summed E-state index contributed by atoms with van der Waals surface area (Å²) in [5.41, 5.74) is 0. The third-order valence-corrected chi connectivity index (χ3v) is 3.08. The smallest absolute Gasteiger partial charge is 0.243 e. The Morgan fingerprint density at radius 1 is 1.06 bits per heavy atom. The molecule has 0 aromatic carbocycles. The van der Waals surface area contributed by atoms with Crippen LogP contribution in [0.2, 0.25) is 0 Å². The molecule has 0 aliphatic rings. The highest BCUT2D eigenvalue weighted by molar-refractivity contribution is 5.87. The van der Waals surface area contributed by atoms with E-state index < -0.39 is 0 Å². The molecule has 0 radical (unpaired) electrons. The van der Waals surface area contributed by atoms with Gasteiger partial charge in [-0.2, -0.15) is 0 Å². The molecule has 1 N–H and O–H groups in total. The highest BCUT2D eigenvalue weighted by atomic mass is 16.1. The van der Waals surface area contributed by atoms with E-state index in [0.29, 0.717) is 6.04 Å². The Hall–Kier alpha value is -0.790. The van der Waals surface area contributed by atoms with Gasteiger partial charge in [0.2, 0.25) is 5.91 Å². The Bertz CT molecular complexity index is 201. The van der Waals surface area contributed by atoms with Gasteiger partial charge in [-0.1, -0.05) is 65.4 Å². The molecule has 17 heavy (non-hydrogen) atoms. The minimum Gasteiger partial charge on any atom is -0.350 e. The Kier molecular flexibility index (Phi) is 11.1. The molecule has 0 spiro atoms. The summed E-state index contributed by atoms with van der Waals surface area (Å²) in [6, 6.07) is 0.344. The van der Waals surface area contributed by atoms with Crippen molar-refractivity contribution in [1.29, 1.82) is 0 Å². The summed E-state index contributed by atoms with van der Waals surface area (Å²) in [5.74, 6) is -0.0329. The second-order valence-corrected chi connectivity index (χ2v) is 4.75. The van der Waals surface area contributed by atoms with Gasteiger partial charge in [0, 0.05) is 6.04 Å². The Balaban J connectivity index is 3.62. The van der Waals surface area contributed by atoms with Crippen LogP contribution in [0.25, 0.3) is 0 Å². The van der Waals surface area contributed by atoms with Gasteiger partial charge in [-0.3, -0.25) is 4.79 Å². The molecule has 0 saturated heterocycles. The van der Waals surface area contributed by atoms with E-state index >= 15 is 0 Å². The zero-order valence-electron chi connectivity index (χ0n) is 11.6. The summed E-state index contributed by atoms with van der Waals surface area (Å²) in [4.78, 5) is 11.2. The second kappa shape index (κ2) is 11.7. The monoisotopic (exact) mass is 239 g/mol. The third-order valence-electron chi connectivity index (χ3n) is 3.08. The summed E-state index contributed by atoms with van der Waals surface area (Å²) in [6.07, 6.45) is 12.5.